The summed E-state index contributed by atoms with van der Waals surface area (Å²) < 4.78 is 19.9. The van der Waals surface area contributed by atoms with E-state index in [-0.39, 0.29) is 42.5 Å². The summed E-state index contributed by atoms with van der Waals surface area (Å²) in [5.74, 6) is -0.877. The number of halogens is 2. The van der Waals surface area contributed by atoms with Gasteiger partial charge in [0, 0.05) is 12.1 Å². The Kier molecular flexibility index (Phi) is 8.25. The fraction of sp³-hybridized carbons (Fsp3) is 0.222. The maximum Gasteiger partial charge on any atom is 0.335 e. The first kappa shape index (κ1) is 26.0. The van der Waals surface area contributed by atoms with Crippen molar-refractivity contribution in [1.29, 1.82) is 0 Å². The number of ether oxygens (including phenoxy) is 1. The highest BCUT2D eigenvalue weighted by molar-refractivity contribution is 6.33. The highest BCUT2D eigenvalue weighted by Gasteiger charge is 2.35. The van der Waals surface area contributed by atoms with Gasteiger partial charge in [-0.1, -0.05) is 35.9 Å². The molecule has 10 heteroatoms. The monoisotopic (exact) mass is 525 g/mol. The van der Waals surface area contributed by atoms with Crippen molar-refractivity contribution in [1.82, 2.24) is 4.90 Å². The molecule has 1 fully saturated rings. The molecule has 0 spiro atoms. The molecule has 0 radical (unpaired) electrons. The van der Waals surface area contributed by atoms with Crippen LogP contribution in [0.4, 0.5) is 20.6 Å². The maximum atomic E-state index is 14.2. The van der Waals surface area contributed by atoms with Crippen molar-refractivity contribution in [2.75, 3.05) is 23.8 Å². The number of para-hydroxylation sites is 1. The summed E-state index contributed by atoms with van der Waals surface area (Å²) >= 11 is 6.34. The molecular formula is C27H25ClFN3O5. The molecule has 0 unspecified atom stereocenters. The van der Waals surface area contributed by atoms with Crippen molar-refractivity contribution in [2.45, 2.75) is 25.1 Å². The van der Waals surface area contributed by atoms with E-state index in [9.17, 15) is 18.8 Å². The molecule has 192 valence electrons. The fourth-order valence-electron chi connectivity index (χ4n) is 4.06. The van der Waals surface area contributed by atoms with Gasteiger partial charge in [0.2, 0.25) is 5.91 Å². The van der Waals surface area contributed by atoms with Gasteiger partial charge < -0.3 is 25.4 Å². The van der Waals surface area contributed by atoms with Crippen molar-refractivity contribution in [2.24, 2.45) is 0 Å². The van der Waals surface area contributed by atoms with Crippen LogP contribution in [0.1, 0.15) is 22.3 Å². The number of alkyl halides is 1. The van der Waals surface area contributed by atoms with E-state index < -0.39 is 24.2 Å². The molecule has 2 atom stereocenters. The zero-order valence-corrected chi connectivity index (χ0v) is 20.5. The quantitative estimate of drug-likeness (QED) is 0.372. The van der Waals surface area contributed by atoms with Crippen molar-refractivity contribution in [3.05, 3.63) is 88.9 Å². The molecule has 0 bridgehead atoms. The number of carboxylic acids is 1. The summed E-state index contributed by atoms with van der Waals surface area (Å²) in [5.41, 5.74) is 1.77. The van der Waals surface area contributed by atoms with Crippen LogP contribution in [0.5, 0.6) is 5.75 Å². The molecule has 3 N–H and O–H groups in total. The molecule has 0 aliphatic carbocycles. The summed E-state index contributed by atoms with van der Waals surface area (Å²) in [6.07, 6.45) is -1.00. The van der Waals surface area contributed by atoms with Gasteiger partial charge in [-0.25, -0.2) is 14.0 Å². The molecular weight excluding hydrogens is 501 g/mol. The van der Waals surface area contributed by atoms with E-state index in [1.165, 1.54) is 29.2 Å². The average molecular weight is 526 g/mol. The first-order chi connectivity index (χ1) is 17.8. The number of benzene rings is 3. The Morgan fingerprint density at radius 1 is 1.03 bits per heavy atom. The number of rotatable bonds is 8. The van der Waals surface area contributed by atoms with Gasteiger partial charge in [-0.15, -0.1) is 0 Å². The zero-order valence-electron chi connectivity index (χ0n) is 19.7. The van der Waals surface area contributed by atoms with Crippen molar-refractivity contribution in [3.8, 4) is 5.75 Å². The molecule has 8 nitrogen and oxygen atoms in total. The molecule has 3 aromatic carbocycles. The molecule has 3 amide bonds. The average Bonchev–Trinajstić information content (AvgIpc) is 3.26. The number of hydrogen-bond acceptors (Lipinski definition) is 4. The molecule has 1 aliphatic rings. The Labute approximate surface area is 218 Å². The van der Waals surface area contributed by atoms with Crippen LogP contribution in [-0.4, -0.2) is 53.3 Å². The molecule has 1 saturated heterocycles. The minimum absolute atomic E-state index is 0.00669. The van der Waals surface area contributed by atoms with Crippen LogP contribution in [0.15, 0.2) is 72.8 Å². The maximum absolute atomic E-state index is 14.2. The van der Waals surface area contributed by atoms with Crippen LogP contribution in [0.2, 0.25) is 5.02 Å². The van der Waals surface area contributed by atoms with E-state index in [4.69, 9.17) is 21.4 Å². The number of carbonyl (C=O) groups is 3. The Balaban J connectivity index is 1.33. The minimum Gasteiger partial charge on any atom is -0.491 e. The second kappa shape index (κ2) is 11.7. The lowest BCUT2D eigenvalue weighted by atomic mass is 10.1. The summed E-state index contributed by atoms with van der Waals surface area (Å²) in [6.45, 7) is 0.0521. The Morgan fingerprint density at radius 2 is 1.76 bits per heavy atom. The van der Waals surface area contributed by atoms with Gasteiger partial charge in [0.25, 0.3) is 0 Å². The second-order valence-electron chi connectivity index (χ2n) is 8.61. The Bertz CT molecular complexity index is 1270. The smallest absolute Gasteiger partial charge is 0.335 e. The van der Waals surface area contributed by atoms with E-state index >= 15 is 0 Å². The third-order valence-corrected chi connectivity index (χ3v) is 6.21. The minimum atomic E-state index is -1.16. The van der Waals surface area contributed by atoms with Gasteiger partial charge in [0.15, 0.2) is 0 Å². The lowest BCUT2D eigenvalue weighted by molar-refractivity contribution is -0.132. The fourth-order valence-corrected chi connectivity index (χ4v) is 4.31. The molecule has 0 saturated carbocycles. The first-order valence-electron chi connectivity index (χ1n) is 11.6. The van der Waals surface area contributed by atoms with Gasteiger partial charge in [0.05, 0.1) is 35.3 Å². The Morgan fingerprint density at radius 3 is 2.43 bits per heavy atom. The van der Waals surface area contributed by atoms with Crippen LogP contribution in [0.3, 0.4) is 0 Å². The summed E-state index contributed by atoms with van der Waals surface area (Å²) in [6, 6.07) is 18.8. The lowest BCUT2D eigenvalue weighted by Crippen LogP contribution is -2.40. The second-order valence-corrected chi connectivity index (χ2v) is 9.02. The summed E-state index contributed by atoms with van der Waals surface area (Å²) in [7, 11) is 0. The predicted octanol–water partition coefficient (Wildman–Crippen LogP) is 5.24. The van der Waals surface area contributed by atoms with Crippen LogP contribution in [0, 0.1) is 0 Å². The molecule has 37 heavy (non-hydrogen) atoms. The third kappa shape index (κ3) is 6.98. The van der Waals surface area contributed by atoms with E-state index in [1.807, 2.05) is 6.07 Å². The lowest BCUT2D eigenvalue weighted by Gasteiger charge is -2.24. The van der Waals surface area contributed by atoms with Crippen molar-refractivity contribution < 1.29 is 28.6 Å². The zero-order chi connectivity index (χ0) is 26.4. The van der Waals surface area contributed by atoms with Gasteiger partial charge in [-0.05, 0) is 54.1 Å². The van der Waals surface area contributed by atoms with E-state index in [1.54, 1.807) is 42.5 Å². The largest absolute Gasteiger partial charge is 0.491 e. The molecule has 4 rings (SSSR count). The number of nitrogens with one attached hydrogen (secondary N) is 2. The number of amides is 3. The van der Waals surface area contributed by atoms with Crippen LogP contribution < -0.4 is 15.4 Å². The van der Waals surface area contributed by atoms with Gasteiger partial charge >= 0.3 is 12.0 Å². The molecule has 1 heterocycles. The number of aromatic carboxylic acids is 1. The van der Waals surface area contributed by atoms with Gasteiger partial charge in [0.1, 0.15) is 18.5 Å². The first-order valence-corrected chi connectivity index (χ1v) is 12.0. The SMILES string of the molecule is O=C(Nc1ccccc1)Nc1ccc(CC(=O)N2C[C@@H](F)C[C@H]2COc2ccc(C(=O)O)cc2)cc1Cl. The normalized spacial score (nSPS) is 16.8. The number of carbonyl (C=O) groups excluding carboxylic acids is 2. The molecule has 3 aromatic rings. The summed E-state index contributed by atoms with van der Waals surface area (Å²) in [5, 5.41) is 14.6. The number of anilines is 2. The van der Waals surface area contributed by atoms with Crippen molar-refractivity contribution >= 4 is 40.9 Å². The molecule has 0 aromatic heterocycles. The van der Waals surface area contributed by atoms with Crippen LogP contribution >= 0.6 is 11.6 Å². The van der Waals surface area contributed by atoms with Crippen LogP contribution in [-0.2, 0) is 11.2 Å². The highest BCUT2D eigenvalue weighted by Crippen LogP contribution is 2.26. The molecule has 1 aliphatic heterocycles. The topological polar surface area (TPSA) is 108 Å². The number of likely N-dealkylation sites (tertiary alicyclic amines) is 1. The highest BCUT2D eigenvalue weighted by atomic mass is 35.5. The number of hydrogen-bond donors (Lipinski definition) is 3. The third-order valence-electron chi connectivity index (χ3n) is 5.90. The van der Waals surface area contributed by atoms with Crippen molar-refractivity contribution in [3.63, 3.8) is 0 Å². The van der Waals surface area contributed by atoms with E-state index in [2.05, 4.69) is 10.6 Å². The van der Waals surface area contributed by atoms with Gasteiger partial charge in [-0.2, -0.15) is 0 Å². The number of urea groups is 1. The van der Waals surface area contributed by atoms with E-state index in [0.29, 0.717) is 22.7 Å². The standard InChI is InChI=1S/C27H25ClFN3O5/c28-23-12-17(6-11-24(23)31-27(36)30-20-4-2-1-3-5-20)13-25(33)32-15-19(29)14-21(32)16-37-22-9-7-18(8-10-22)26(34)35/h1-12,19,21H,13-16H2,(H,34,35)(H2,30,31,36)/t19-,21-/m0/s1. The predicted molar refractivity (Wildman–Crippen MR) is 138 cm³/mol. The van der Waals surface area contributed by atoms with E-state index in [0.717, 1.165) is 0 Å². The van der Waals surface area contributed by atoms with Crippen LogP contribution in [0.25, 0.3) is 0 Å². The number of nitrogens with zero attached hydrogens (tertiary/aromatic N) is 1. The summed E-state index contributed by atoms with van der Waals surface area (Å²) in [4.78, 5) is 37.7. The Hall–Kier alpha value is -4.11. The van der Waals surface area contributed by atoms with Gasteiger partial charge in [-0.3, -0.25) is 4.79 Å². The number of carboxylic acid groups (broad SMARTS) is 1.